The van der Waals surface area contributed by atoms with Crippen LogP contribution in [-0.4, -0.2) is 40.1 Å². The van der Waals surface area contributed by atoms with Gasteiger partial charge in [0.15, 0.2) is 0 Å². The van der Waals surface area contributed by atoms with Crippen molar-refractivity contribution in [2.45, 2.75) is 6.92 Å². The summed E-state index contributed by atoms with van der Waals surface area (Å²) in [5, 5.41) is 18.4. The van der Waals surface area contributed by atoms with Gasteiger partial charge in [-0.1, -0.05) is 12.1 Å². The second kappa shape index (κ2) is 5.86. The Bertz CT molecular complexity index is 482. The van der Waals surface area contributed by atoms with Crippen molar-refractivity contribution in [3.8, 4) is 5.75 Å². The fourth-order valence-corrected chi connectivity index (χ4v) is 1.53. The van der Waals surface area contributed by atoms with Crippen LogP contribution in [0.25, 0.3) is 0 Å². The van der Waals surface area contributed by atoms with Crippen molar-refractivity contribution in [3.05, 3.63) is 42.0 Å². The Hall–Kier alpha value is -2.30. The minimum absolute atomic E-state index is 0.0868. The van der Waals surface area contributed by atoms with Gasteiger partial charge < -0.3 is 15.1 Å². The molecule has 2 N–H and O–H groups in total. The predicted molar refractivity (Wildman–Crippen MR) is 66.6 cm³/mol. The molecule has 0 spiro atoms. The molecule has 0 heterocycles. The maximum Gasteiger partial charge on any atom is 0.323 e. The van der Waals surface area contributed by atoms with Gasteiger partial charge in [0.2, 0.25) is 0 Å². The van der Waals surface area contributed by atoms with Crippen molar-refractivity contribution in [1.82, 2.24) is 4.90 Å². The quantitative estimate of drug-likeness (QED) is 0.773. The summed E-state index contributed by atoms with van der Waals surface area (Å²) in [5.41, 5.74) is 0.904. The van der Waals surface area contributed by atoms with Gasteiger partial charge in [-0.3, -0.25) is 9.59 Å². The predicted octanol–water partition coefficient (Wildman–Crippen LogP) is 1.41. The Labute approximate surface area is 105 Å². The maximum absolute atomic E-state index is 12.1. The highest BCUT2D eigenvalue weighted by atomic mass is 16.4. The number of phenolic OH excluding ortho intramolecular Hbond substituents is 1. The van der Waals surface area contributed by atoms with Crippen molar-refractivity contribution < 1.29 is 19.8 Å². The van der Waals surface area contributed by atoms with Crippen LogP contribution in [0.2, 0.25) is 0 Å². The van der Waals surface area contributed by atoms with Crippen LogP contribution in [-0.2, 0) is 4.79 Å². The monoisotopic (exact) mass is 249 g/mol. The van der Waals surface area contributed by atoms with E-state index in [1.165, 1.54) is 18.2 Å². The Morgan fingerprint density at radius 3 is 2.61 bits per heavy atom. The first-order chi connectivity index (χ1) is 8.45. The number of hydrogen-bond acceptors (Lipinski definition) is 3. The summed E-state index contributed by atoms with van der Waals surface area (Å²) >= 11 is 0. The first-order valence-corrected chi connectivity index (χ1v) is 5.37. The highest BCUT2D eigenvalue weighted by Gasteiger charge is 2.20. The van der Waals surface area contributed by atoms with Gasteiger partial charge in [0, 0.05) is 6.54 Å². The number of aromatic hydroxyl groups is 1. The van der Waals surface area contributed by atoms with Gasteiger partial charge in [-0.15, -0.1) is 6.58 Å². The molecule has 5 nitrogen and oxygen atoms in total. The Balaban J connectivity index is 3.01. The highest BCUT2D eigenvalue weighted by Crippen LogP contribution is 2.20. The highest BCUT2D eigenvalue weighted by molar-refractivity contribution is 5.98. The summed E-state index contributed by atoms with van der Waals surface area (Å²) in [5.74, 6) is -1.80. The van der Waals surface area contributed by atoms with Crippen LogP contribution in [0.5, 0.6) is 5.75 Å². The number of hydrogen-bond donors (Lipinski definition) is 2. The third-order valence-corrected chi connectivity index (χ3v) is 2.35. The van der Waals surface area contributed by atoms with Crippen LogP contribution in [0.4, 0.5) is 0 Å². The number of nitrogens with zero attached hydrogens (tertiary/aromatic N) is 1. The number of carboxylic acid groups (broad SMARTS) is 1. The van der Waals surface area contributed by atoms with E-state index in [-0.39, 0.29) is 17.9 Å². The normalized spacial score (nSPS) is 9.83. The first kappa shape index (κ1) is 13.8. The molecule has 0 aromatic heterocycles. The van der Waals surface area contributed by atoms with Gasteiger partial charge in [0.05, 0.1) is 5.56 Å². The number of aryl methyl sites for hydroxylation is 1. The van der Waals surface area contributed by atoms with E-state index < -0.39 is 18.4 Å². The Morgan fingerprint density at radius 1 is 1.44 bits per heavy atom. The average Bonchev–Trinajstić information content (AvgIpc) is 2.27. The zero-order chi connectivity index (χ0) is 13.7. The Morgan fingerprint density at radius 2 is 2.11 bits per heavy atom. The molecule has 1 aromatic rings. The summed E-state index contributed by atoms with van der Waals surface area (Å²) in [6.07, 6.45) is 1.44. The topological polar surface area (TPSA) is 77.8 Å². The van der Waals surface area contributed by atoms with Crippen molar-refractivity contribution in [1.29, 1.82) is 0 Å². The largest absolute Gasteiger partial charge is 0.507 e. The molecule has 0 aliphatic heterocycles. The summed E-state index contributed by atoms with van der Waals surface area (Å²) in [6, 6.07) is 4.62. The average molecular weight is 249 g/mol. The molecule has 0 unspecified atom stereocenters. The molecule has 0 bridgehead atoms. The molecule has 0 saturated heterocycles. The van der Waals surface area contributed by atoms with E-state index in [2.05, 4.69) is 6.58 Å². The first-order valence-electron chi connectivity index (χ1n) is 5.37. The minimum atomic E-state index is -1.11. The van der Waals surface area contributed by atoms with Crippen LogP contribution < -0.4 is 0 Å². The molecule has 0 aliphatic rings. The number of phenols is 1. The molecule has 1 aromatic carbocycles. The van der Waals surface area contributed by atoms with E-state index in [9.17, 15) is 14.7 Å². The van der Waals surface area contributed by atoms with Crippen LogP contribution >= 0.6 is 0 Å². The molecule has 5 heteroatoms. The molecule has 0 atom stereocenters. The second-order valence-corrected chi connectivity index (χ2v) is 3.89. The van der Waals surface area contributed by atoms with E-state index in [1.807, 2.05) is 0 Å². The van der Waals surface area contributed by atoms with Gasteiger partial charge in [0.1, 0.15) is 12.3 Å². The Kier molecular flexibility index (Phi) is 4.48. The van der Waals surface area contributed by atoms with Crippen molar-refractivity contribution >= 4 is 11.9 Å². The summed E-state index contributed by atoms with van der Waals surface area (Å²) < 4.78 is 0. The lowest BCUT2D eigenvalue weighted by Crippen LogP contribution is -2.35. The third kappa shape index (κ3) is 3.35. The number of amides is 1. The molecule has 96 valence electrons. The number of carbonyl (C=O) groups is 2. The lowest BCUT2D eigenvalue weighted by molar-refractivity contribution is -0.137. The number of carboxylic acids is 1. The number of aliphatic carboxylic acids is 1. The molecule has 0 fully saturated rings. The fraction of sp³-hybridized carbons (Fsp3) is 0.231. The standard InChI is InChI=1S/C13H15NO4/c1-3-6-14(8-12(16)17)13(18)10-5-4-9(2)7-11(10)15/h3-5,7,15H,1,6,8H2,2H3,(H,16,17). The molecule has 0 saturated carbocycles. The molecule has 0 aliphatic carbocycles. The summed E-state index contributed by atoms with van der Waals surface area (Å²) in [7, 11) is 0. The number of benzene rings is 1. The number of rotatable bonds is 5. The zero-order valence-corrected chi connectivity index (χ0v) is 10.1. The van der Waals surface area contributed by atoms with E-state index in [0.29, 0.717) is 0 Å². The van der Waals surface area contributed by atoms with E-state index >= 15 is 0 Å². The molecule has 0 radical (unpaired) electrons. The fourth-order valence-electron chi connectivity index (χ4n) is 1.53. The van der Waals surface area contributed by atoms with Gasteiger partial charge in [-0.25, -0.2) is 0 Å². The van der Waals surface area contributed by atoms with Crippen molar-refractivity contribution in [2.24, 2.45) is 0 Å². The molecule has 1 rings (SSSR count). The smallest absolute Gasteiger partial charge is 0.323 e. The van der Waals surface area contributed by atoms with Crippen molar-refractivity contribution in [3.63, 3.8) is 0 Å². The minimum Gasteiger partial charge on any atom is -0.507 e. The summed E-state index contributed by atoms with van der Waals surface area (Å²) in [4.78, 5) is 23.8. The molecule has 18 heavy (non-hydrogen) atoms. The van der Waals surface area contributed by atoms with Crippen LogP contribution in [0.15, 0.2) is 30.9 Å². The SMILES string of the molecule is C=CCN(CC(=O)O)C(=O)c1ccc(C)cc1O. The van der Waals surface area contributed by atoms with E-state index in [1.54, 1.807) is 13.0 Å². The van der Waals surface area contributed by atoms with Gasteiger partial charge in [-0.2, -0.15) is 0 Å². The molecular weight excluding hydrogens is 234 g/mol. The molecular formula is C13H15NO4. The second-order valence-electron chi connectivity index (χ2n) is 3.89. The van der Waals surface area contributed by atoms with E-state index in [0.717, 1.165) is 10.5 Å². The lowest BCUT2D eigenvalue weighted by Gasteiger charge is -2.19. The zero-order valence-electron chi connectivity index (χ0n) is 10.1. The van der Waals surface area contributed by atoms with Gasteiger partial charge >= 0.3 is 5.97 Å². The van der Waals surface area contributed by atoms with E-state index in [4.69, 9.17) is 5.11 Å². The third-order valence-electron chi connectivity index (χ3n) is 2.35. The maximum atomic E-state index is 12.1. The van der Waals surface area contributed by atoms with Crippen molar-refractivity contribution in [2.75, 3.05) is 13.1 Å². The van der Waals surface area contributed by atoms with Crippen LogP contribution in [0.3, 0.4) is 0 Å². The van der Waals surface area contributed by atoms with Crippen LogP contribution in [0, 0.1) is 6.92 Å². The molecule has 1 amide bonds. The summed E-state index contributed by atoms with van der Waals surface area (Å²) in [6.45, 7) is 4.93. The number of carbonyl (C=O) groups excluding carboxylic acids is 1. The van der Waals surface area contributed by atoms with Crippen LogP contribution in [0.1, 0.15) is 15.9 Å². The van der Waals surface area contributed by atoms with Gasteiger partial charge in [0.25, 0.3) is 5.91 Å². The van der Waals surface area contributed by atoms with Gasteiger partial charge in [-0.05, 0) is 24.6 Å². The lowest BCUT2D eigenvalue weighted by atomic mass is 10.1.